The van der Waals surface area contributed by atoms with Gasteiger partial charge in [-0.25, -0.2) is 23.3 Å². The predicted molar refractivity (Wildman–Crippen MR) is 111 cm³/mol. The topological polar surface area (TPSA) is 85.2 Å². The highest BCUT2D eigenvalue weighted by Gasteiger charge is 2.40. The molecule has 158 valence electrons. The highest BCUT2D eigenvalue weighted by atomic mass is 19.1. The zero-order valence-corrected chi connectivity index (χ0v) is 16.9. The number of anilines is 1. The summed E-state index contributed by atoms with van der Waals surface area (Å²) in [5, 5.41) is 4.60. The Balaban J connectivity index is 1.67. The SMILES string of the molecule is CC(=O)c1ccc(N2C(=O)c3cnc4c(c(C)nn4-c4ccc(F)cc4F)c3C2=O)cc1. The van der Waals surface area contributed by atoms with E-state index in [0.29, 0.717) is 22.3 Å². The van der Waals surface area contributed by atoms with Crippen LogP contribution in [0.1, 0.15) is 43.7 Å². The number of carbonyl (C=O) groups is 3. The van der Waals surface area contributed by atoms with Crippen molar-refractivity contribution < 1.29 is 23.2 Å². The second-order valence-corrected chi connectivity index (χ2v) is 7.39. The second kappa shape index (κ2) is 6.88. The predicted octanol–water partition coefficient (Wildman–Crippen LogP) is 4.01. The zero-order chi connectivity index (χ0) is 22.7. The summed E-state index contributed by atoms with van der Waals surface area (Å²) in [4.78, 5) is 43.1. The Bertz CT molecular complexity index is 1480. The molecule has 0 atom stereocenters. The van der Waals surface area contributed by atoms with E-state index in [4.69, 9.17) is 0 Å². The quantitative estimate of drug-likeness (QED) is 0.361. The largest absolute Gasteiger partial charge is 0.295 e. The average molecular weight is 432 g/mol. The van der Waals surface area contributed by atoms with Crippen molar-refractivity contribution in [2.75, 3.05) is 4.90 Å². The highest BCUT2D eigenvalue weighted by molar-refractivity contribution is 6.37. The Morgan fingerprint density at radius 3 is 2.38 bits per heavy atom. The van der Waals surface area contributed by atoms with Crippen LogP contribution in [0.3, 0.4) is 0 Å². The molecule has 4 aromatic rings. The fourth-order valence-corrected chi connectivity index (χ4v) is 3.86. The lowest BCUT2D eigenvalue weighted by molar-refractivity contribution is 0.0925. The molecule has 3 heterocycles. The van der Waals surface area contributed by atoms with Crippen molar-refractivity contribution in [1.29, 1.82) is 0 Å². The Hall–Kier alpha value is -4.27. The van der Waals surface area contributed by atoms with Crippen LogP contribution in [0.4, 0.5) is 14.5 Å². The first kappa shape index (κ1) is 19.7. The van der Waals surface area contributed by atoms with Gasteiger partial charge in [0.15, 0.2) is 17.2 Å². The summed E-state index contributed by atoms with van der Waals surface area (Å²) in [5.74, 6) is -2.85. The summed E-state index contributed by atoms with van der Waals surface area (Å²) >= 11 is 0. The number of carbonyl (C=O) groups excluding carboxylic acids is 3. The van der Waals surface area contributed by atoms with Crippen LogP contribution in [-0.2, 0) is 0 Å². The van der Waals surface area contributed by atoms with Crippen molar-refractivity contribution in [1.82, 2.24) is 14.8 Å². The van der Waals surface area contributed by atoms with Crippen molar-refractivity contribution >= 4 is 34.3 Å². The molecular formula is C23H14F2N4O3. The number of benzene rings is 2. The van der Waals surface area contributed by atoms with Gasteiger partial charge < -0.3 is 0 Å². The normalized spacial score (nSPS) is 13.2. The van der Waals surface area contributed by atoms with Gasteiger partial charge in [0.05, 0.1) is 27.9 Å². The summed E-state index contributed by atoms with van der Waals surface area (Å²) in [6, 6.07) is 9.16. The number of rotatable bonds is 3. The fourth-order valence-electron chi connectivity index (χ4n) is 3.86. The molecule has 0 fully saturated rings. The van der Waals surface area contributed by atoms with Crippen LogP contribution in [0, 0.1) is 18.6 Å². The van der Waals surface area contributed by atoms with Crippen LogP contribution in [0.2, 0.25) is 0 Å². The average Bonchev–Trinajstić information content (AvgIpc) is 3.22. The van der Waals surface area contributed by atoms with Gasteiger partial charge in [-0.1, -0.05) is 0 Å². The van der Waals surface area contributed by atoms with E-state index in [0.717, 1.165) is 17.0 Å². The fraction of sp³-hybridized carbons (Fsp3) is 0.0870. The minimum Gasteiger partial charge on any atom is -0.295 e. The van der Waals surface area contributed by atoms with Crippen molar-refractivity contribution in [3.05, 3.63) is 82.7 Å². The van der Waals surface area contributed by atoms with Gasteiger partial charge in [-0.3, -0.25) is 14.4 Å². The maximum absolute atomic E-state index is 14.4. The lowest BCUT2D eigenvalue weighted by Crippen LogP contribution is -2.29. The number of Topliss-reactive ketones (excluding diaryl/α,β-unsaturated/α-hetero) is 1. The third-order valence-corrected chi connectivity index (χ3v) is 5.39. The molecule has 0 saturated heterocycles. The van der Waals surface area contributed by atoms with Crippen LogP contribution in [0.15, 0.2) is 48.7 Å². The number of nitrogens with zero attached hydrogens (tertiary/aromatic N) is 4. The number of amides is 2. The molecule has 0 radical (unpaired) electrons. The number of halogens is 2. The number of aromatic nitrogens is 3. The lowest BCUT2D eigenvalue weighted by atomic mass is 10.1. The molecule has 0 bridgehead atoms. The molecule has 2 amide bonds. The van der Waals surface area contributed by atoms with Crippen LogP contribution < -0.4 is 4.90 Å². The van der Waals surface area contributed by atoms with Gasteiger partial charge in [0, 0.05) is 17.8 Å². The molecule has 5 rings (SSSR count). The molecular weight excluding hydrogens is 418 g/mol. The lowest BCUT2D eigenvalue weighted by Gasteiger charge is -2.14. The Labute approximate surface area is 179 Å². The Morgan fingerprint density at radius 2 is 1.72 bits per heavy atom. The molecule has 2 aromatic carbocycles. The van der Waals surface area contributed by atoms with E-state index in [-0.39, 0.29) is 28.2 Å². The molecule has 9 heteroatoms. The minimum atomic E-state index is -0.841. The van der Waals surface area contributed by atoms with E-state index in [2.05, 4.69) is 10.1 Å². The van der Waals surface area contributed by atoms with E-state index >= 15 is 0 Å². The highest BCUT2D eigenvalue weighted by Crippen LogP contribution is 2.35. The van der Waals surface area contributed by atoms with Crippen LogP contribution >= 0.6 is 0 Å². The Morgan fingerprint density at radius 1 is 1.00 bits per heavy atom. The van der Waals surface area contributed by atoms with Crippen LogP contribution in [0.25, 0.3) is 16.7 Å². The maximum atomic E-state index is 14.4. The van der Waals surface area contributed by atoms with Crippen molar-refractivity contribution in [3.8, 4) is 5.69 Å². The number of ketones is 1. The monoisotopic (exact) mass is 432 g/mol. The van der Waals surface area contributed by atoms with Gasteiger partial charge in [-0.2, -0.15) is 5.10 Å². The second-order valence-electron chi connectivity index (χ2n) is 7.39. The third kappa shape index (κ3) is 2.74. The van der Waals surface area contributed by atoms with Gasteiger partial charge in [-0.15, -0.1) is 0 Å². The molecule has 0 aliphatic carbocycles. The number of pyridine rings is 1. The number of hydrogen-bond donors (Lipinski definition) is 0. The molecule has 1 aliphatic rings. The van der Waals surface area contributed by atoms with Gasteiger partial charge in [0.25, 0.3) is 11.8 Å². The van der Waals surface area contributed by atoms with E-state index in [1.54, 1.807) is 6.92 Å². The molecule has 1 aliphatic heterocycles. The summed E-state index contributed by atoms with van der Waals surface area (Å²) in [5.41, 5.74) is 1.47. The molecule has 0 spiro atoms. The van der Waals surface area contributed by atoms with Gasteiger partial charge in [0.1, 0.15) is 11.5 Å². The summed E-state index contributed by atoms with van der Waals surface area (Å²) < 4.78 is 28.9. The smallest absolute Gasteiger partial charge is 0.267 e. The summed E-state index contributed by atoms with van der Waals surface area (Å²) in [6.45, 7) is 3.04. The van der Waals surface area contributed by atoms with E-state index in [1.165, 1.54) is 48.1 Å². The number of imide groups is 1. The number of aryl methyl sites for hydroxylation is 1. The first-order valence-corrected chi connectivity index (χ1v) is 9.61. The third-order valence-electron chi connectivity index (χ3n) is 5.39. The maximum Gasteiger partial charge on any atom is 0.267 e. The standard InChI is InChI=1S/C23H14F2N4O3/c1-11-19-20-16(10-26-21(19)29(27-11)18-8-5-14(24)9-17(18)25)22(31)28(23(20)32)15-6-3-13(4-7-15)12(2)30/h3-10H,1-2H3. The first-order chi connectivity index (χ1) is 15.3. The van der Waals surface area contributed by atoms with Crippen LogP contribution in [0.5, 0.6) is 0 Å². The van der Waals surface area contributed by atoms with Crippen molar-refractivity contribution in [2.45, 2.75) is 13.8 Å². The molecule has 0 N–H and O–H groups in total. The van der Waals surface area contributed by atoms with Gasteiger partial charge in [0.2, 0.25) is 0 Å². The molecule has 0 saturated carbocycles. The van der Waals surface area contributed by atoms with Crippen molar-refractivity contribution in [3.63, 3.8) is 0 Å². The molecule has 2 aromatic heterocycles. The minimum absolute atomic E-state index is 0.0367. The molecule has 0 unspecified atom stereocenters. The van der Waals surface area contributed by atoms with Gasteiger partial charge >= 0.3 is 0 Å². The van der Waals surface area contributed by atoms with Crippen LogP contribution in [-0.4, -0.2) is 32.4 Å². The Kier molecular flexibility index (Phi) is 4.23. The summed E-state index contributed by atoms with van der Waals surface area (Å²) in [7, 11) is 0. The van der Waals surface area contributed by atoms with E-state index in [1.807, 2.05) is 0 Å². The van der Waals surface area contributed by atoms with E-state index in [9.17, 15) is 23.2 Å². The summed E-state index contributed by atoms with van der Waals surface area (Å²) in [6.07, 6.45) is 1.25. The van der Waals surface area contributed by atoms with Gasteiger partial charge in [-0.05, 0) is 50.2 Å². The number of hydrogen-bond acceptors (Lipinski definition) is 5. The molecule has 32 heavy (non-hydrogen) atoms. The number of fused-ring (bicyclic) bond motifs is 3. The van der Waals surface area contributed by atoms with Crippen molar-refractivity contribution in [2.24, 2.45) is 0 Å². The molecule has 7 nitrogen and oxygen atoms in total. The van der Waals surface area contributed by atoms with E-state index < -0.39 is 23.4 Å². The first-order valence-electron chi connectivity index (χ1n) is 9.61. The zero-order valence-electron chi connectivity index (χ0n) is 16.9.